The number of nitro benzene ring substituents is 1. The minimum atomic E-state index is -0.392. The van der Waals surface area contributed by atoms with Crippen molar-refractivity contribution in [3.8, 4) is 10.6 Å². The molecule has 7 heteroatoms. The van der Waals surface area contributed by atoms with Gasteiger partial charge in [-0.3, -0.25) is 10.1 Å². The Morgan fingerprint density at radius 1 is 1.17 bits per heavy atom. The van der Waals surface area contributed by atoms with Crippen LogP contribution in [-0.2, 0) is 6.42 Å². The number of hydrogen-bond donors (Lipinski definition) is 1. The number of hydrogen-bond acceptors (Lipinski definition) is 5. The number of benzene rings is 2. The van der Waals surface area contributed by atoms with Crippen LogP contribution in [0, 0.1) is 10.1 Å². The molecule has 0 unspecified atom stereocenters. The Morgan fingerprint density at radius 2 is 1.88 bits per heavy atom. The maximum atomic E-state index is 10.7. The Labute approximate surface area is 151 Å². The third kappa shape index (κ3) is 3.87. The molecule has 1 N–H and O–H groups in total. The molecule has 1 aromatic heterocycles. The van der Waals surface area contributed by atoms with Gasteiger partial charge >= 0.3 is 0 Å². The van der Waals surface area contributed by atoms with Crippen LogP contribution in [0.5, 0.6) is 0 Å². The summed E-state index contributed by atoms with van der Waals surface area (Å²) in [5.41, 5.74) is 3.14. The molecule has 1 atom stereocenters. The minimum Gasteiger partial charge on any atom is -0.258 e. The summed E-state index contributed by atoms with van der Waals surface area (Å²) in [6.45, 7) is 0. The van der Waals surface area contributed by atoms with E-state index in [1.807, 2.05) is 35.7 Å². The van der Waals surface area contributed by atoms with Crippen molar-refractivity contribution in [2.45, 2.75) is 12.5 Å². The maximum Gasteiger partial charge on any atom is 0.269 e. The van der Waals surface area contributed by atoms with Gasteiger partial charge in [-0.2, -0.15) is 0 Å². The molecular formula is C17H14BrN3O2S. The van der Waals surface area contributed by atoms with E-state index in [9.17, 15) is 10.1 Å². The SMILES string of the molecule is O=[N+]([O-])c1ccc(C[C@H](NBr)c2csc(-c3ccccc3)n2)cc1. The lowest BCUT2D eigenvalue weighted by atomic mass is 10.0. The van der Waals surface area contributed by atoms with Gasteiger partial charge in [-0.15, -0.1) is 11.3 Å². The first kappa shape index (κ1) is 16.8. The summed E-state index contributed by atoms with van der Waals surface area (Å²) in [5.74, 6) is 0. The highest BCUT2D eigenvalue weighted by Crippen LogP contribution is 2.28. The van der Waals surface area contributed by atoms with Crippen molar-refractivity contribution in [3.05, 3.63) is 81.3 Å². The molecule has 0 fully saturated rings. The monoisotopic (exact) mass is 403 g/mol. The van der Waals surface area contributed by atoms with Gasteiger partial charge in [-0.05, 0) is 12.0 Å². The maximum absolute atomic E-state index is 10.7. The smallest absolute Gasteiger partial charge is 0.258 e. The molecule has 0 amide bonds. The van der Waals surface area contributed by atoms with E-state index in [4.69, 9.17) is 4.98 Å². The zero-order valence-electron chi connectivity index (χ0n) is 12.6. The summed E-state index contributed by atoms with van der Waals surface area (Å²) < 4.78 is 3.09. The summed E-state index contributed by atoms with van der Waals surface area (Å²) in [6, 6.07) is 16.6. The van der Waals surface area contributed by atoms with E-state index in [1.54, 1.807) is 23.5 Å². The van der Waals surface area contributed by atoms with Crippen LogP contribution in [0.25, 0.3) is 10.6 Å². The number of nitro groups is 1. The molecule has 122 valence electrons. The summed E-state index contributed by atoms with van der Waals surface area (Å²) in [6.07, 6.45) is 0.682. The zero-order chi connectivity index (χ0) is 16.9. The van der Waals surface area contributed by atoms with E-state index in [0.717, 1.165) is 21.8 Å². The van der Waals surface area contributed by atoms with Crippen molar-refractivity contribution in [1.29, 1.82) is 0 Å². The van der Waals surface area contributed by atoms with Crippen LogP contribution in [-0.4, -0.2) is 9.91 Å². The number of nitrogens with zero attached hydrogens (tertiary/aromatic N) is 2. The Hall–Kier alpha value is -2.09. The zero-order valence-corrected chi connectivity index (χ0v) is 15.0. The molecule has 0 bridgehead atoms. The number of aromatic nitrogens is 1. The molecule has 0 saturated heterocycles. The van der Waals surface area contributed by atoms with Crippen molar-refractivity contribution in [3.63, 3.8) is 0 Å². The van der Waals surface area contributed by atoms with Crippen molar-refractivity contribution in [2.24, 2.45) is 0 Å². The Balaban J connectivity index is 1.77. The van der Waals surface area contributed by atoms with E-state index >= 15 is 0 Å². The van der Waals surface area contributed by atoms with E-state index in [-0.39, 0.29) is 11.7 Å². The number of thiazole rings is 1. The fourth-order valence-corrected chi connectivity index (χ4v) is 3.62. The highest BCUT2D eigenvalue weighted by Gasteiger charge is 2.16. The van der Waals surface area contributed by atoms with Crippen LogP contribution in [0.1, 0.15) is 17.3 Å². The number of non-ortho nitro benzene ring substituents is 1. The molecule has 0 aliphatic rings. The molecule has 1 heterocycles. The number of halogens is 1. The van der Waals surface area contributed by atoms with E-state index < -0.39 is 4.92 Å². The van der Waals surface area contributed by atoms with E-state index in [1.165, 1.54) is 12.1 Å². The normalized spacial score (nSPS) is 12.0. The molecule has 0 saturated carbocycles. The van der Waals surface area contributed by atoms with Gasteiger partial charge in [-0.25, -0.2) is 9.33 Å². The molecule has 3 rings (SSSR count). The fourth-order valence-electron chi connectivity index (χ4n) is 2.35. The summed E-state index contributed by atoms with van der Waals surface area (Å²) in [5, 5.41) is 13.7. The predicted octanol–water partition coefficient (Wildman–Crippen LogP) is 4.90. The summed E-state index contributed by atoms with van der Waals surface area (Å²) in [4.78, 5) is 15.0. The third-order valence-electron chi connectivity index (χ3n) is 3.62. The average Bonchev–Trinajstić information content (AvgIpc) is 3.11. The van der Waals surface area contributed by atoms with E-state index in [0.29, 0.717) is 6.42 Å². The summed E-state index contributed by atoms with van der Waals surface area (Å²) in [7, 11) is 0. The quantitative estimate of drug-likeness (QED) is 0.361. The second kappa shape index (κ2) is 7.65. The van der Waals surface area contributed by atoms with Gasteiger partial charge in [0.1, 0.15) is 5.01 Å². The predicted molar refractivity (Wildman–Crippen MR) is 99.2 cm³/mol. The number of nitrogens with one attached hydrogen (secondary N) is 1. The van der Waals surface area contributed by atoms with Crippen molar-refractivity contribution in [1.82, 2.24) is 9.33 Å². The molecule has 5 nitrogen and oxygen atoms in total. The second-order valence-corrected chi connectivity index (χ2v) is 6.55. The largest absolute Gasteiger partial charge is 0.269 e. The van der Waals surface area contributed by atoms with Crippen molar-refractivity contribution in [2.75, 3.05) is 0 Å². The molecule has 0 spiro atoms. The Bertz CT molecular complexity index is 821. The minimum absolute atomic E-state index is 0.0137. The van der Waals surface area contributed by atoms with Gasteiger partial charge in [0.15, 0.2) is 0 Å². The third-order valence-corrected chi connectivity index (χ3v) is 5.08. The van der Waals surface area contributed by atoms with Crippen LogP contribution in [0.3, 0.4) is 0 Å². The molecular weight excluding hydrogens is 390 g/mol. The first-order valence-electron chi connectivity index (χ1n) is 7.27. The molecule has 0 aliphatic heterocycles. The van der Waals surface area contributed by atoms with Crippen LogP contribution in [0.2, 0.25) is 0 Å². The van der Waals surface area contributed by atoms with Crippen LogP contribution in [0.4, 0.5) is 5.69 Å². The van der Waals surface area contributed by atoms with Gasteiger partial charge in [-0.1, -0.05) is 42.5 Å². The van der Waals surface area contributed by atoms with Gasteiger partial charge in [0.2, 0.25) is 0 Å². The van der Waals surface area contributed by atoms with Crippen LogP contribution < -0.4 is 4.34 Å². The lowest BCUT2D eigenvalue weighted by Crippen LogP contribution is -2.14. The van der Waals surface area contributed by atoms with Gasteiger partial charge in [0.25, 0.3) is 5.69 Å². The Kier molecular flexibility index (Phi) is 5.34. The lowest BCUT2D eigenvalue weighted by molar-refractivity contribution is -0.384. The second-order valence-electron chi connectivity index (χ2n) is 5.23. The first-order valence-corrected chi connectivity index (χ1v) is 8.95. The molecule has 0 radical (unpaired) electrons. The fraction of sp³-hybridized carbons (Fsp3) is 0.118. The lowest BCUT2D eigenvalue weighted by Gasteiger charge is -2.12. The molecule has 24 heavy (non-hydrogen) atoms. The first-order chi connectivity index (χ1) is 11.7. The van der Waals surface area contributed by atoms with Gasteiger partial charge in [0.05, 0.1) is 16.7 Å². The van der Waals surface area contributed by atoms with Gasteiger partial charge < -0.3 is 0 Å². The van der Waals surface area contributed by atoms with Crippen molar-refractivity contribution >= 4 is 33.2 Å². The van der Waals surface area contributed by atoms with Gasteiger partial charge in [0, 0.05) is 39.2 Å². The highest BCUT2D eigenvalue weighted by molar-refractivity contribution is 9.08. The average molecular weight is 404 g/mol. The summed E-state index contributed by atoms with van der Waals surface area (Å²) >= 11 is 4.92. The van der Waals surface area contributed by atoms with E-state index in [2.05, 4.69) is 20.5 Å². The van der Waals surface area contributed by atoms with Crippen molar-refractivity contribution < 1.29 is 4.92 Å². The molecule has 3 aromatic rings. The molecule has 2 aromatic carbocycles. The van der Waals surface area contributed by atoms with Crippen LogP contribution >= 0.6 is 27.5 Å². The van der Waals surface area contributed by atoms with Crippen LogP contribution in [0.15, 0.2) is 60.0 Å². The standard InChI is InChI=1S/C17H14BrN3O2S/c18-20-15(10-12-6-8-14(9-7-12)21(22)23)16-11-24-17(19-16)13-4-2-1-3-5-13/h1-9,11,15,20H,10H2/t15-/m0/s1. The Morgan fingerprint density at radius 3 is 2.50 bits per heavy atom. The topological polar surface area (TPSA) is 68.1 Å². The molecule has 0 aliphatic carbocycles. The number of rotatable bonds is 6. The highest BCUT2D eigenvalue weighted by atomic mass is 79.9.